The Morgan fingerprint density at radius 3 is 2.54 bits per heavy atom. The van der Waals surface area contributed by atoms with Gasteiger partial charge >= 0.3 is 0 Å². The summed E-state index contributed by atoms with van der Waals surface area (Å²) in [5.74, 6) is -0.0744. The summed E-state index contributed by atoms with van der Waals surface area (Å²) in [6, 6.07) is 1.89. The maximum atomic E-state index is 10.7. The van der Waals surface area contributed by atoms with Crippen LogP contribution in [-0.4, -0.2) is 24.0 Å². The number of aromatic nitrogens is 2. The molecule has 0 atom stereocenters. The van der Waals surface area contributed by atoms with Crippen molar-refractivity contribution >= 4 is 10.0 Å². The van der Waals surface area contributed by atoms with Gasteiger partial charge in [0.05, 0.1) is 18.0 Å². The SMILES string of the molecule is Cc1cc(C)n(CCS(N)(=O)=O)n1. The van der Waals surface area contributed by atoms with E-state index in [1.165, 1.54) is 0 Å². The van der Waals surface area contributed by atoms with Crippen LogP contribution in [0.4, 0.5) is 0 Å². The summed E-state index contributed by atoms with van der Waals surface area (Å²) in [4.78, 5) is 0. The number of sulfonamides is 1. The maximum Gasteiger partial charge on any atom is 0.210 e. The van der Waals surface area contributed by atoms with Crippen LogP contribution in [0, 0.1) is 13.8 Å². The predicted octanol–water partition coefficient (Wildman–Crippen LogP) is -0.212. The smallest absolute Gasteiger partial charge is 0.210 e. The highest BCUT2D eigenvalue weighted by Crippen LogP contribution is 2.01. The van der Waals surface area contributed by atoms with Gasteiger partial charge in [-0.3, -0.25) is 4.68 Å². The van der Waals surface area contributed by atoms with Gasteiger partial charge in [-0.05, 0) is 19.9 Å². The Morgan fingerprint density at radius 1 is 1.54 bits per heavy atom. The minimum absolute atomic E-state index is 0.0744. The Labute approximate surface area is 77.6 Å². The fourth-order valence-electron chi connectivity index (χ4n) is 1.12. The van der Waals surface area contributed by atoms with E-state index in [0.717, 1.165) is 11.4 Å². The molecule has 0 aliphatic heterocycles. The molecule has 0 saturated carbocycles. The molecule has 1 heterocycles. The first kappa shape index (κ1) is 10.2. The molecule has 1 aromatic rings. The van der Waals surface area contributed by atoms with Crippen LogP contribution in [0.2, 0.25) is 0 Å². The van der Waals surface area contributed by atoms with Crippen LogP contribution >= 0.6 is 0 Å². The molecule has 5 nitrogen and oxygen atoms in total. The summed E-state index contributed by atoms with van der Waals surface area (Å²) in [6.45, 7) is 4.06. The first-order valence-electron chi connectivity index (χ1n) is 3.90. The van der Waals surface area contributed by atoms with Gasteiger partial charge < -0.3 is 0 Å². The number of hydrogen-bond donors (Lipinski definition) is 1. The van der Waals surface area contributed by atoms with E-state index in [4.69, 9.17) is 5.14 Å². The van der Waals surface area contributed by atoms with E-state index < -0.39 is 10.0 Å². The number of primary sulfonamides is 1. The Balaban J connectivity index is 2.70. The second-order valence-corrected chi connectivity index (χ2v) is 4.75. The minimum Gasteiger partial charge on any atom is -0.269 e. The standard InChI is InChI=1S/C7H13N3O2S/c1-6-5-7(2)10(9-6)3-4-13(8,11)12/h5H,3-4H2,1-2H3,(H2,8,11,12). The average molecular weight is 203 g/mol. The van der Waals surface area contributed by atoms with Gasteiger partial charge in [0.25, 0.3) is 0 Å². The van der Waals surface area contributed by atoms with Crippen molar-refractivity contribution in [2.75, 3.05) is 5.75 Å². The number of nitrogens with zero attached hydrogens (tertiary/aromatic N) is 2. The van der Waals surface area contributed by atoms with Gasteiger partial charge in [-0.1, -0.05) is 0 Å². The van der Waals surface area contributed by atoms with Gasteiger partial charge in [0, 0.05) is 5.69 Å². The molecule has 0 aliphatic carbocycles. The first-order chi connectivity index (χ1) is 5.88. The highest BCUT2D eigenvalue weighted by atomic mass is 32.2. The van der Waals surface area contributed by atoms with Crippen molar-refractivity contribution in [2.24, 2.45) is 5.14 Å². The Hall–Kier alpha value is -0.880. The molecule has 0 fully saturated rings. The van der Waals surface area contributed by atoms with Crippen molar-refractivity contribution in [1.29, 1.82) is 0 Å². The van der Waals surface area contributed by atoms with Crippen LogP contribution in [0.25, 0.3) is 0 Å². The molecule has 0 unspecified atom stereocenters. The molecule has 0 amide bonds. The van der Waals surface area contributed by atoms with Crippen LogP contribution in [0.3, 0.4) is 0 Å². The zero-order valence-electron chi connectivity index (χ0n) is 7.69. The molecule has 0 spiro atoms. The quantitative estimate of drug-likeness (QED) is 0.738. The number of hydrogen-bond acceptors (Lipinski definition) is 3. The van der Waals surface area contributed by atoms with Crippen molar-refractivity contribution in [3.63, 3.8) is 0 Å². The zero-order chi connectivity index (χ0) is 10.1. The molecule has 1 aromatic heterocycles. The Morgan fingerprint density at radius 2 is 2.15 bits per heavy atom. The molecule has 0 saturated heterocycles. The summed E-state index contributed by atoms with van der Waals surface area (Å²) in [5.41, 5.74) is 1.83. The Bertz CT molecular complexity index is 394. The maximum absolute atomic E-state index is 10.7. The van der Waals surface area contributed by atoms with Crippen LogP contribution in [0.15, 0.2) is 6.07 Å². The fourth-order valence-corrected chi connectivity index (χ4v) is 1.54. The van der Waals surface area contributed by atoms with Crippen molar-refractivity contribution in [1.82, 2.24) is 9.78 Å². The van der Waals surface area contributed by atoms with Crippen molar-refractivity contribution in [3.8, 4) is 0 Å². The van der Waals surface area contributed by atoms with Crippen molar-refractivity contribution in [2.45, 2.75) is 20.4 Å². The van der Waals surface area contributed by atoms with E-state index in [2.05, 4.69) is 5.10 Å². The van der Waals surface area contributed by atoms with E-state index in [0.29, 0.717) is 6.54 Å². The normalized spacial score (nSPS) is 11.9. The third kappa shape index (κ3) is 3.16. The highest BCUT2D eigenvalue weighted by Gasteiger charge is 2.05. The summed E-state index contributed by atoms with van der Waals surface area (Å²) in [7, 11) is -3.39. The van der Waals surface area contributed by atoms with Crippen LogP contribution in [-0.2, 0) is 16.6 Å². The second-order valence-electron chi connectivity index (χ2n) is 3.02. The lowest BCUT2D eigenvalue weighted by atomic mass is 10.4. The zero-order valence-corrected chi connectivity index (χ0v) is 8.50. The van der Waals surface area contributed by atoms with Crippen LogP contribution in [0.1, 0.15) is 11.4 Å². The van der Waals surface area contributed by atoms with Gasteiger partial charge in [0.2, 0.25) is 10.0 Å². The van der Waals surface area contributed by atoms with Gasteiger partial charge in [0.15, 0.2) is 0 Å². The Kier molecular flexibility index (Phi) is 2.72. The summed E-state index contributed by atoms with van der Waals surface area (Å²) in [5, 5.41) is 8.98. The summed E-state index contributed by atoms with van der Waals surface area (Å²) >= 11 is 0. The van der Waals surface area contributed by atoms with Crippen molar-refractivity contribution < 1.29 is 8.42 Å². The summed E-state index contributed by atoms with van der Waals surface area (Å²) < 4.78 is 23.0. The molecule has 74 valence electrons. The number of nitrogens with two attached hydrogens (primary N) is 1. The van der Waals surface area contributed by atoms with Gasteiger partial charge in [-0.25, -0.2) is 13.6 Å². The molecular weight excluding hydrogens is 190 g/mol. The molecule has 0 bridgehead atoms. The largest absolute Gasteiger partial charge is 0.269 e. The molecule has 0 aromatic carbocycles. The molecule has 0 radical (unpaired) electrons. The van der Waals surface area contributed by atoms with Gasteiger partial charge in [-0.15, -0.1) is 0 Å². The highest BCUT2D eigenvalue weighted by molar-refractivity contribution is 7.89. The number of aryl methyl sites for hydroxylation is 3. The molecular formula is C7H13N3O2S. The molecule has 2 N–H and O–H groups in total. The molecule has 6 heteroatoms. The lowest BCUT2D eigenvalue weighted by molar-refractivity contribution is 0.577. The van der Waals surface area contributed by atoms with E-state index in [1.54, 1.807) is 4.68 Å². The van der Waals surface area contributed by atoms with E-state index in [1.807, 2.05) is 19.9 Å². The average Bonchev–Trinajstić information content (AvgIpc) is 2.24. The van der Waals surface area contributed by atoms with E-state index in [-0.39, 0.29) is 5.75 Å². The lowest BCUT2D eigenvalue weighted by Gasteiger charge is -2.01. The predicted molar refractivity (Wildman–Crippen MR) is 49.7 cm³/mol. The monoisotopic (exact) mass is 203 g/mol. The van der Waals surface area contributed by atoms with E-state index in [9.17, 15) is 8.42 Å². The van der Waals surface area contributed by atoms with Crippen molar-refractivity contribution in [3.05, 3.63) is 17.5 Å². The fraction of sp³-hybridized carbons (Fsp3) is 0.571. The van der Waals surface area contributed by atoms with Crippen LogP contribution in [0.5, 0.6) is 0 Å². The van der Waals surface area contributed by atoms with Gasteiger partial charge in [-0.2, -0.15) is 5.10 Å². The van der Waals surface area contributed by atoms with Crippen LogP contribution < -0.4 is 5.14 Å². The van der Waals surface area contributed by atoms with E-state index >= 15 is 0 Å². The summed E-state index contributed by atoms with van der Waals surface area (Å²) in [6.07, 6.45) is 0. The third-order valence-corrected chi connectivity index (χ3v) is 2.44. The minimum atomic E-state index is -3.39. The third-order valence-electron chi connectivity index (χ3n) is 1.69. The first-order valence-corrected chi connectivity index (χ1v) is 5.61. The van der Waals surface area contributed by atoms with Gasteiger partial charge in [0.1, 0.15) is 0 Å². The molecule has 13 heavy (non-hydrogen) atoms. The lowest BCUT2D eigenvalue weighted by Crippen LogP contribution is -2.21. The molecule has 0 aliphatic rings. The number of rotatable bonds is 3. The molecule has 1 rings (SSSR count). The second kappa shape index (κ2) is 3.47. The topological polar surface area (TPSA) is 78.0 Å².